The quantitative estimate of drug-likeness (QED) is 0.703. The predicted octanol–water partition coefficient (Wildman–Crippen LogP) is 0.249. The number of carbonyl (C=O) groups excluding carboxylic acids is 3. The molecule has 1 spiro atoms. The van der Waals surface area contributed by atoms with Crippen molar-refractivity contribution in [2.24, 2.45) is 5.10 Å². The molecule has 4 rings (SSSR count). The maximum Gasteiger partial charge on any atom is 0.328 e. The van der Waals surface area contributed by atoms with Gasteiger partial charge in [0.2, 0.25) is 0 Å². The number of rotatable bonds is 3. The third-order valence-corrected chi connectivity index (χ3v) is 5.73. The second kappa shape index (κ2) is 6.87. The van der Waals surface area contributed by atoms with Crippen LogP contribution in [0.2, 0.25) is 0 Å². The summed E-state index contributed by atoms with van der Waals surface area (Å²) in [7, 11) is 1.43. The van der Waals surface area contributed by atoms with Crippen LogP contribution in [0.4, 0.5) is 10.5 Å². The summed E-state index contributed by atoms with van der Waals surface area (Å²) in [4.78, 5) is 51.4. The highest BCUT2D eigenvalue weighted by atomic mass is 16.4. The molecule has 4 amide bonds. The fourth-order valence-electron chi connectivity index (χ4n) is 4.02. The number of carboxylic acid groups (broad SMARTS) is 1. The lowest BCUT2D eigenvalue weighted by Crippen LogP contribution is -2.56. The fraction of sp³-hybridized carbons (Fsp3) is 0.421. The molecule has 0 aliphatic carbocycles. The number of carbonyl (C=O) groups is 4. The number of aliphatic carboxylic acids is 1. The van der Waals surface area contributed by atoms with Crippen molar-refractivity contribution < 1.29 is 24.3 Å². The van der Waals surface area contributed by atoms with Crippen LogP contribution in [0.25, 0.3) is 0 Å². The number of para-hydroxylation sites is 1. The number of likely N-dealkylation sites (tertiary alicyclic amines) is 1. The zero-order valence-electron chi connectivity index (χ0n) is 15.9. The lowest BCUT2D eigenvalue weighted by atomic mass is 9.87. The summed E-state index contributed by atoms with van der Waals surface area (Å²) in [6.45, 7) is 0.557. The molecule has 2 N–H and O–H groups in total. The average molecular weight is 399 g/mol. The van der Waals surface area contributed by atoms with Crippen LogP contribution in [0.5, 0.6) is 0 Å². The van der Waals surface area contributed by atoms with Crippen molar-refractivity contribution in [2.75, 3.05) is 25.1 Å². The van der Waals surface area contributed by atoms with Crippen LogP contribution in [0, 0.1) is 0 Å². The van der Waals surface area contributed by atoms with E-state index < -0.39 is 23.6 Å². The fourth-order valence-corrected chi connectivity index (χ4v) is 4.02. The molecule has 1 aromatic carbocycles. The van der Waals surface area contributed by atoms with Gasteiger partial charge in [-0.3, -0.25) is 19.5 Å². The lowest BCUT2D eigenvalue weighted by Gasteiger charge is -2.37. The molecule has 0 radical (unpaired) electrons. The predicted molar refractivity (Wildman–Crippen MR) is 102 cm³/mol. The SMILES string of the molecule is CN1C(=O)NC2(CCN(C(=O)C3=NN(c4ccccc4)C(C(=O)O)C3)CC2)C1=O. The summed E-state index contributed by atoms with van der Waals surface area (Å²) in [6, 6.07) is 7.46. The Morgan fingerprint density at radius 2 is 1.83 bits per heavy atom. The van der Waals surface area contributed by atoms with E-state index in [1.807, 2.05) is 6.07 Å². The van der Waals surface area contributed by atoms with E-state index in [-0.39, 0.29) is 37.0 Å². The molecule has 0 bridgehead atoms. The number of carboxylic acids is 1. The third kappa shape index (κ3) is 3.10. The first-order chi connectivity index (χ1) is 13.8. The summed E-state index contributed by atoms with van der Waals surface area (Å²) in [5, 5.41) is 17.9. The number of anilines is 1. The monoisotopic (exact) mass is 399 g/mol. The van der Waals surface area contributed by atoms with Gasteiger partial charge in [-0.05, 0) is 25.0 Å². The highest BCUT2D eigenvalue weighted by Gasteiger charge is 2.51. The van der Waals surface area contributed by atoms with E-state index in [4.69, 9.17) is 0 Å². The maximum absolute atomic E-state index is 13.0. The number of likely N-dealkylation sites (N-methyl/N-ethyl adjacent to an activating group) is 1. The lowest BCUT2D eigenvalue weighted by molar-refractivity contribution is -0.138. The van der Waals surface area contributed by atoms with Crippen LogP contribution < -0.4 is 10.3 Å². The first-order valence-corrected chi connectivity index (χ1v) is 9.36. The number of nitrogens with zero attached hydrogens (tertiary/aromatic N) is 4. The molecule has 1 atom stereocenters. The van der Waals surface area contributed by atoms with E-state index in [1.165, 1.54) is 12.1 Å². The number of hydrogen-bond acceptors (Lipinski definition) is 6. The summed E-state index contributed by atoms with van der Waals surface area (Å²) in [6.07, 6.45) is 0.625. The molecule has 3 aliphatic heterocycles. The second-order valence-electron chi connectivity index (χ2n) is 7.45. The van der Waals surface area contributed by atoms with Crippen LogP contribution in [0.15, 0.2) is 35.4 Å². The van der Waals surface area contributed by atoms with Crippen LogP contribution in [0.3, 0.4) is 0 Å². The van der Waals surface area contributed by atoms with Crippen molar-refractivity contribution >= 4 is 35.2 Å². The van der Waals surface area contributed by atoms with Crippen LogP contribution >= 0.6 is 0 Å². The van der Waals surface area contributed by atoms with Crippen molar-refractivity contribution in [3.63, 3.8) is 0 Å². The Morgan fingerprint density at radius 3 is 2.38 bits per heavy atom. The van der Waals surface area contributed by atoms with E-state index in [1.54, 1.807) is 29.2 Å². The number of piperidine rings is 1. The zero-order chi connectivity index (χ0) is 20.8. The first-order valence-electron chi connectivity index (χ1n) is 9.36. The van der Waals surface area contributed by atoms with E-state index >= 15 is 0 Å². The van der Waals surface area contributed by atoms with E-state index in [0.717, 1.165) is 4.90 Å². The number of hydrazone groups is 1. The van der Waals surface area contributed by atoms with Crippen molar-refractivity contribution in [1.82, 2.24) is 15.1 Å². The third-order valence-electron chi connectivity index (χ3n) is 5.73. The largest absolute Gasteiger partial charge is 0.480 e. The highest BCUT2D eigenvalue weighted by molar-refractivity contribution is 6.40. The number of nitrogens with one attached hydrogen (secondary N) is 1. The molecule has 152 valence electrons. The normalized spacial score (nSPS) is 23.4. The molecule has 2 saturated heterocycles. The molecule has 3 aliphatic rings. The Kier molecular flexibility index (Phi) is 4.48. The first kappa shape index (κ1) is 18.9. The number of benzene rings is 1. The van der Waals surface area contributed by atoms with Crippen LogP contribution in [0.1, 0.15) is 19.3 Å². The Balaban J connectivity index is 1.48. The topological polar surface area (TPSA) is 123 Å². The summed E-state index contributed by atoms with van der Waals surface area (Å²) < 4.78 is 0. The van der Waals surface area contributed by atoms with Gasteiger partial charge >= 0.3 is 12.0 Å². The molecule has 10 heteroatoms. The van der Waals surface area contributed by atoms with Gasteiger partial charge in [0.1, 0.15) is 11.3 Å². The summed E-state index contributed by atoms with van der Waals surface area (Å²) in [5.74, 6) is -1.68. The smallest absolute Gasteiger partial charge is 0.328 e. The van der Waals surface area contributed by atoms with Crippen molar-refractivity contribution in [2.45, 2.75) is 30.8 Å². The van der Waals surface area contributed by atoms with Gasteiger partial charge in [-0.2, -0.15) is 5.10 Å². The molecular formula is C19H21N5O5. The molecule has 1 unspecified atom stereocenters. The van der Waals surface area contributed by atoms with Gasteiger partial charge < -0.3 is 15.3 Å². The van der Waals surface area contributed by atoms with Gasteiger partial charge in [-0.1, -0.05) is 18.2 Å². The van der Waals surface area contributed by atoms with Gasteiger partial charge in [0.05, 0.1) is 5.69 Å². The Morgan fingerprint density at radius 1 is 1.17 bits per heavy atom. The molecule has 0 aromatic heterocycles. The van der Waals surface area contributed by atoms with Gasteiger partial charge in [0.15, 0.2) is 6.04 Å². The molecule has 1 aromatic rings. The Hall–Kier alpha value is -3.43. The average Bonchev–Trinajstić information content (AvgIpc) is 3.26. The molecule has 29 heavy (non-hydrogen) atoms. The number of imide groups is 1. The van der Waals surface area contributed by atoms with Gasteiger partial charge in [0.25, 0.3) is 11.8 Å². The summed E-state index contributed by atoms with van der Waals surface area (Å²) in [5.41, 5.74) is -0.182. The minimum atomic E-state index is -1.06. The summed E-state index contributed by atoms with van der Waals surface area (Å²) >= 11 is 0. The van der Waals surface area contributed by atoms with Crippen molar-refractivity contribution in [3.05, 3.63) is 30.3 Å². The number of urea groups is 1. The maximum atomic E-state index is 13.0. The van der Waals surface area contributed by atoms with E-state index in [2.05, 4.69) is 10.4 Å². The van der Waals surface area contributed by atoms with Gasteiger partial charge in [-0.25, -0.2) is 9.59 Å². The van der Waals surface area contributed by atoms with Crippen molar-refractivity contribution in [1.29, 1.82) is 0 Å². The molecule has 3 heterocycles. The van der Waals surface area contributed by atoms with E-state index in [0.29, 0.717) is 18.5 Å². The second-order valence-corrected chi connectivity index (χ2v) is 7.45. The number of amides is 4. The number of hydrogen-bond donors (Lipinski definition) is 2. The van der Waals surface area contributed by atoms with Crippen LogP contribution in [-0.4, -0.2) is 76.2 Å². The zero-order valence-corrected chi connectivity index (χ0v) is 15.9. The minimum Gasteiger partial charge on any atom is -0.480 e. The van der Waals surface area contributed by atoms with Gasteiger partial charge in [0, 0.05) is 26.6 Å². The van der Waals surface area contributed by atoms with Gasteiger partial charge in [-0.15, -0.1) is 0 Å². The molecule has 10 nitrogen and oxygen atoms in total. The molecule has 0 saturated carbocycles. The highest BCUT2D eigenvalue weighted by Crippen LogP contribution is 2.30. The molecular weight excluding hydrogens is 378 g/mol. The minimum absolute atomic E-state index is 0.00308. The van der Waals surface area contributed by atoms with Crippen LogP contribution in [-0.2, 0) is 14.4 Å². The van der Waals surface area contributed by atoms with E-state index in [9.17, 15) is 24.3 Å². The Labute approximate surface area is 166 Å². The molecule has 2 fully saturated rings. The van der Waals surface area contributed by atoms with Crippen molar-refractivity contribution in [3.8, 4) is 0 Å². The Bertz CT molecular complexity index is 907. The standard InChI is InChI=1S/C19H21N5O5/c1-22-17(28)19(20-18(22)29)7-9-23(10-8-19)15(25)13-11-14(16(26)27)24(21-13)12-5-3-2-4-6-12/h2-6,14H,7-11H2,1H3,(H,20,29)(H,26,27).